The van der Waals surface area contributed by atoms with Crippen LogP contribution in [0.4, 0.5) is 0 Å². The van der Waals surface area contributed by atoms with Crippen molar-refractivity contribution in [3.8, 4) is 5.75 Å². The van der Waals surface area contributed by atoms with Gasteiger partial charge in [-0.2, -0.15) is 0 Å². The first kappa shape index (κ1) is 11.3. The Kier molecular flexibility index (Phi) is 3.34. The molecule has 2 nitrogen and oxygen atoms in total. The highest BCUT2D eigenvalue weighted by molar-refractivity contribution is 6.70. The third-order valence-electron chi connectivity index (χ3n) is 1.81. The second-order valence-corrected chi connectivity index (χ2v) is 9.00. The van der Waals surface area contributed by atoms with Crippen molar-refractivity contribution in [2.75, 3.05) is 0 Å². The molecule has 0 saturated carbocycles. The van der Waals surface area contributed by atoms with Gasteiger partial charge in [-0.15, -0.1) is 0 Å². The molecule has 0 amide bonds. The minimum atomic E-state index is -1.50. The molecule has 0 spiro atoms. The van der Waals surface area contributed by atoms with E-state index in [2.05, 4.69) is 19.6 Å². The van der Waals surface area contributed by atoms with Gasteiger partial charge in [-0.1, -0.05) is 12.1 Å². The molecule has 0 aromatic heterocycles. The highest BCUT2D eigenvalue weighted by atomic mass is 28.4. The maximum Gasteiger partial charge on any atom is 0.242 e. The van der Waals surface area contributed by atoms with Crippen LogP contribution in [0.15, 0.2) is 24.3 Å². The summed E-state index contributed by atoms with van der Waals surface area (Å²) in [5.74, 6) is 0.943. The Morgan fingerprint density at radius 2 is 1.93 bits per heavy atom. The average molecular weight is 209 g/mol. The number of rotatable bonds is 3. The lowest BCUT2D eigenvalue weighted by atomic mass is 10.1. The molecule has 14 heavy (non-hydrogen) atoms. The van der Waals surface area contributed by atoms with Crippen molar-refractivity contribution in [1.82, 2.24) is 0 Å². The molecule has 2 N–H and O–H groups in total. The summed E-state index contributed by atoms with van der Waals surface area (Å²) >= 11 is 0. The molecule has 1 aromatic rings. The van der Waals surface area contributed by atoms with E-state index in [0.717, 1.165) is 11.3 Å². The molecule has 0 heterocycles. The van der Waals surface area contributed by atoms with E-state index in [4.69, 9.17) is 10.2 Å². The SMILES string of the molecule is C[C@H](N)c1cccc(O[Si](C)(C)C)c1. The molecule has 0 radical (unpaired) electrons. The van der Waals surface area contributed by atoms with Gasteiger partial charge >= 0.3 is 0 Å². The predicted molar refractivity (Wildman–Crippen MR) is 63.0 cm³/mol. The minimum absolute atomic E-state index is 0.0696. The topological polar surface area (TPSA) is 35.2 Å². The van der Waals surface area contributed by atoms with Crippen molar-refractivity contribution < 1.29 is 4.43 Å². The van der Waals surface area contributed by atoms with Crippen molar-refractivity contribution in [2.24, 2.45) is 5.73 Å². The fraction of sp³-hybridized carbons (Fsp3) is 0.455. The maximum absolute atomic E-state index is 5.88. The van der Waals surface area contributed by atoms with Gasteiger partial charge in [-0.3, -0.25) is 0 Å². The molecule has 0 unspecified atom stereocenters. The van der Waals surface area contributed by atoms with Crippen molar-refractivity contribution in [3.05, 3.63) is 29.8 Å². The van der Waals surface area contributed by atoms with Crippen molar-refractivity contribution in [3.63, 3.8) is 0 Å². The molecule has 0 fully saturated rings. The van der Waals surface area contributed by atoms with Crippen LogP contribution in [0, 0.1) is 0 Å². The molecule has 0 aliphatic heterocycles. The van der Waals surface area contributed by atoms with Crippen LogP contribution >= 0.6 is 0 Å². The van der Waals surface area contributed by atoms with E-state index in [0.29, 0.717) is 0 Å². The number of nitrogens with two attached hydrogens (primary N) is 1. The Balaban J connectivity index is 2.84. The van der Waals surface area contributed by atoms with E-state index in [1.165, 1.54) is 0 Å². The zero-order valence-electron chi connectivity index (χ0n) is 9.37. The summed E-state index contributed by atoms with van der Waals surface area (Å²) in [6.45, 7) is 8.50. The normalized spacial score (nSPS) is 13.8. The highest BCUT2D eigenvalue weighted by Gasteiger charge is 2.16. The summed E-state index contributed by atoms with van der Waals surface area (Å²) in [5.41, 5.74) is 6.93. The lowest BCUT2D eigenvalue weighted by Gasteiger charge is -2.20. The molecule has 1 aromatic carbocycles. The zero-order valence-corrected chi connectivity index (χ0v) is 10.4. The first-order valence-corrected chi connectivity index (χ1v) is 8.34. The van der Waals surface area contributed by atoms with E-state index < -0.39 is 8.32 Å². The lowest BCUT2D eigenvalue weighted by molar-refractivity contribution is 0.555. The quantitative estimate of drug-likeness (QED) is 0.777. The van der Waals surface area contributed by atoms with Gasteiger partial charge in [0.1, 0.15) is 5.75 Å². The first-order valence-electron chi connectivity index (χ1n) is 4.93. The first-order chi connectivity index (χ1) is 6.38. The molecule has 3 heteroatoms. The Labute approximate surface area is 87.2 Å². The third kappa shape index (κ3) is 3.52. The smallest absolute Gasteiger partial charge is 0.242 e. The van der Waals surface area contributed by atoms with E-state index in [9.17, 15) is 0 Å². The number of hydrogen-bond acceptors (Lipinski definition) is 2. The van der Waals surface area contributed by atoms with Crippen LogP contribution in [0.2, 0.25) is 19.6 Å². The number of hydrogen-bond donors (Lipinski definition) is 1. The maximum atomic E-state index is 5.88. The molecule has 1 rings (SSSR count). The Bertz CT molecular complexity index is 304. The van der Waals surface area contributed by atoms with Gasteiger partial charge in [0, 0.05) is 6.04 Å². The zero-order chi connectivity index (χ0) is 10.8. The van der Waals surface area contributed by atoms with E-state index in [1.807, 2.05) is 31.2 Å². The van der Waals surface area contributed by atoms with Gasteiger partial charge in [0.25, 0.3) is 0 Å². The van der Waals surface area contributed by atoms with Crippen LogP contribution in [0.25, 0.3) is 0 Å². The lowest BCUT2D eigenvalue weighted by Crippen LogP contribution is -2.29. The molecule has 1 atom stereocenters. The van der Waals surface area contributed by atoms with Gasteiger partial charge in [-0.25, -0.2) is 0 Å². The average Bonchev–Trinajstić information content (AvgIpc) is 2.01. The summed E-state index contributed by atoms with van der Waals surface area (Å²) in [6, 6.07) is 8.11. The van der Waals surface area contributed by atoms with Crippen molar-refractivity contribution in [2.45, 2.75) is 32.6 Å². The van der Waals surface area contributed by atoms with Crippen molar-refractivity contribution in [1.29, 1.82) is 0 Å². The Morgan fingerprint density at radius 1 is 1.29 bits per heavy atom. The van der Waals surface area contributed by atoms with Crippen LogP contribution in [-0.2, 0) is 0 Å². The molecule has 0 saturated heterocycles. The minimum Gasteiger partial charge on any atom is -0.544 e. The monoisotopic (exact) mass is 209 g/mol. The summed E-state index contributed by atoms with van der Waals surface area (Å²) in [4.78, 5) is 0. The van der Waals surface area contributed by atoms with Gasteiger partial charge < -0.3 is 10.2 Å². The fourth-order valence-corrected chi connectivity index (χ4v) is 2.05. The van der Waals surface area contributed by atoms with Crippen molar-refractivity contribution >= 4 is 8.32 Å². The number of benzene rings is 1. The highest BCUT2D eigenvalue weighted by Crippen LogP contribution is 2.20. The Hall–Kier alpha value is -0.803. The van der Waals surface area contributed by atoms with Gasteiger partial charge in [0.15, 0.2) is 0 Å². The summed E-state index contributed by atoms with van der Waals surface area (Å²) in [6.07, 6.45) is 0. The molecular weight excluding hydrogens is 190 g/mol. The van der Waals surface area contributed by atoms with E-state index >= 15 is 0 Å². The van der Waals surface area contributed by atoms with Crippen LogP contribution in [0.1, 0.15) is 18.5 Å². The van der Waals surface area contributed by atoms with Gasteiger partial charge in [0.05, 0.1) is 0 Å². The van der Waals surface area contributed by atoms with Gasteiger partial charge in [0.2, 0.25) is 8.32 Å². The standard InChI is InChI=1S/C11H19NOSi/c1-9(12)10-6-5-7-11(8-10)13-14(2,3)4/h5-9H,12H2,1-4H3/t9-/m0/s1. The van der Waals surface area contributed by atoms with E-state index in [-0.39, 0.29) is 6.04 Å². The second-order valence-electron chi connectivity index (χ2n) is 4.58. The molecule has 0 bridgehead atoms. The summed E-state index contributed by atoms with van der Waals surface area (Å²) in [7, 11) is -1.50. The van der Waals surface area contributed by atoms with Crippen LogP contribution < -0.4 is 10.2 Å². The van der Waals surface area contributed by atoms with Gasteiger partial charge in [-0.05, 0) is 44.3 Å². The van der Waals surface area contributed by atoms with Crippen LogP contribution in [0.3, 0.4) is 0 Å². The molecule has 0 aliphatic rings. The fourth-order valence-electron chi connectivity index (χ4n) is 1.21. The predicted octanol–water partition coefficient (Wildman–Crippen LogP) is 2.92. The van der Waals surface area contributed by atoms with E-state index in [1.54, 1.807) is 0 Å². The van der Waals surface area contributed by atoms with Crippen LogP contribution in [0.5, 0.6) is 5.75 Å². The summed E-state index contributed by atoms with van der Waals surface area (Å²) in [5, 5.41) is 0. The third-order valence-corrected chi connectivity index (χ3v) is 2.66. The molecule has 78 valence electrons. The second kappa shape index (κ2) is 4.15. The Morgan fingerprint density at radius 3 is 2.43 bits per heavy atom. The van der Waals surface area contributed by atoms with Crippen LogP contribution in [-0.4, -0.2) is 8.32 Å². The summed E-state index contributed by atoms with van der Waals surface area (Å²) < 4.78 is 5.88. The molecular formula is C11H19NOSi. The molecule has 0 aliphatic carbocycles. The largest absolute Gasteiger partial charge is 0.544 e.